The molecule has 16 heteroatoms. The number of carbonyl (C=O) groups excluding carboxylic acids is 1. The Hall–Kier alpha value is -3.50. The Morgan fingerprint density at radius 2 is 1.76 bits per heavy atom. The number of amides is 1. The van der Waals surface area contributed by atoms with E-state index in [1.165, 1.54) is 33.1 Å². The molecule has 42 heavy (non-hydrogen) atoms. The lowest BCUT2D eigenvalue weighted by atomic mass is 9.89. The van der Waals surface area contributed by atoms with Crippen molar-refractivity contribution in [2.45, 2.75) is 31.2 Å². The van der Waals surface area contributed by atoms with Crippen LogP contribution >= 0.6 is 11.6 Å². The zero-order chi connectivity index (χ0) is 31.7. The van der Waals surface area contributed by atoms with Crippen molar-refractivity contribution in [1.82, 2.24) is 10.3 Å². The summed E-state index contributed by atoms with van der Waals surface area (Å²) in [6.45, 7) is 1.67. The van der Waals surface area contributed by atoms with Crippen LogP contribution in [0.3, 0.4) is 0 Å². The summed E-state index contributed by atoms with van der Waals surface area (Å²) in [4.78, 5) is 16.8. The molecule has 0 aliphatic rings. The molecule has 0 spiro atoms. The number of hydrogen-bond acceptors (Lipinski definition) is 8. The average molecular weight is 635 g/mol. The number of halogens is 5. The molecule has 0 aliphatic heterocycles. The Morgan fingerprint density at radius 1 is 1.10 bits per heavy atom. The number of primary sulfonamides is 1. The number of alkyl halides is 3. The van der Waals surface area contributed by atoms with E-state index in [4.69, 9.17) is 31.9 Å². The van der Waals surface area contributed by atoms with Gasteiger partial charge in [-0.05, 0) is 67.9 Å². The first-order chi connectivity index (χ1) is 19.2. The summed E-state index contributed by atoms with van der Waals surface area (Å²) < 4.78 is 89.5. The van der Waals surface area contributed by atoms with Crippen molar-refractivity contribution in [3.63, 3.8) is 0 Å². The molecule has 1 amide bonds. The third kappa shape index (κ3) is 7.66. The van der Waals surface area contributed by atoms with Crippen LogP contribution in [0.2, 0.25) is 5.02 Å². The number of nitrogens with one attached hydrogen (secondary N) is 1. The molecule has 0 saturated heterocycles. The summed E-state index contributed by atoms with van der Waals surface area (Å²) in [7, 11) is -2.82. The van der Waals surface area contributed by atoms with Gasteiger partial charge in [0, 0.05) is 16.7 Å². The van der Waals surface area contributed by atoms with Gasteiger partial charge in [0.2, 0.25) is 21.6 Å². The van der Waals surface area contributed by atoms with Gasteiger partial charge < -0.3 is 25.6 Å². The maximum Gasteiger partial charge on any atom is 0.424 e. The van der Waals surface area contributed by atoms with Gasteiger partial charge in [0.25, 0.3) is 5.91 Å². The highest BCUT2D eigenvalue weighted by molar-refractivity contribution is 7.88. The molecule has 6 N–H and O–H groups in total. The number of pyridine rings is 1. The predicted molar refractivity (Wildman–Crippen MR) is 146 cm³/mol. The molecular weight excluding hydrogens is 608 g/mol. The number of methoxy groups -OCH3 is 1. The molecule has 0 bridgehead atoms. The first kappa shape index (κ1) is 33.0. The highest BCUT2D eigenvalue weighted by Crippen LogP contribution is 2.40. The molecule has 2 aromatic carbocycles. The SMILES string of the molecule is COc1cc(C(=O)NCC(O)(c2cc(C(C)(C)N)cc(-c3ccc(F)c(Cl)c3)n2)C(F)(F)F)ccc1OCS(N)(=O)=O. The Kier molecular flexibility index (Phi) is 9.44. The molecule has 1 aromatic heterocycles. The summed E-state index contributed by atoms with van der Waals surface area (Å²) >= 11 is 5.85. The van der Waals surface area contributed by atoms with Crippen LogP contribution < -0.4 is 25.7 Å². The van der Waals surface area contributed by atoms with Crippen LogP contribution in [0, 0.1) is 5.82 Å². The second kappa shape index (κ2) is 12.0. The molecule has 228 valence electrons. The Balaban J connectivity index is 2.00. The molecule has 0 fully saturated rings. The lowest BCUT2D eigenvalue weighted by Crippen LogP contribution is -2.51. The highest BCUT2D eigenvalue weighted by Gasteiger charge is 2.56. The minimum absolute atomic E-state index is 0.0863. The number of sulfonamides is 1. The molecule has 0 saturated carbocycles. The summed E-state index contributed by atoms with van der Waals surface area (Å²) in [6, 6.07) is 9.15. The topological polar surface area (TPSA) is 167 Å². The predicted octanol–water partition coefficient (Wildman–Crippen LogP) is 3.55. The summed E-state index contributed by atoms with van der Waals surface area (Å²) in [5, 5.41) is 17.7. The van der Waals surface area contributed by atoms with E-state index < -0.39 is 57.2 Å². The number of nitrogens with two attached hydrogens (primary N) is 2. The van der Waals surface area contributed by atoms with Crippen LogP contribution in [0.5, 0.6) is 11.5 Å². The van der Waals surface area contributed by atoms with E-state index in [0.29, 0.717) is 0 Å². The number of aliphatic hydroxyl groups is 1. The van der Waals surface area contributed by atoms with Crippen molar-refractivity contribution in [3.8, 4) is 22.8 Å². The quantitative estimate of drug-likeness (QED) is 0.246. The minimum Gasteiger partial charge on any atom is -0.493 e. The van der Waals surface area contributed by atoms with Gasteiger partial charge in [0.05, 0.1) is 30.1 Å². The number of ether oxygens (including phenoxy) is 2. The number of benzene rings is 2. The maximum absolute atomic E-state index is 14.4. The number of aromatic nitrogens is 1. The molecule has 1 heterocycles. The molecule has 1 unspecified atom stereocenters. The van der Waals surface area contributed by atoms with Crippen molar-refractivity contribution < 1.29 is 45.4 Å². The first-order valence-electron chi connectivity index (χ1n) is 11.9. The van der Waals surface area contributed by atoms with Crippen LogP contribution in [-0.2, 0) is 21.2 Å². The van der Waals surface area contributed by atoms with Crippen molar-refractivity contribution >= 4 is 27.5 Å². The molecule has 0 radical (unpaired) electrons. The number of nitrogens with zero attached hydrogens (tertiary/aromatic N) is 1. The fourth-order valence-corrected chi connectivity index (χ4v) is 4.11. The highest BCUT2D eigenvalue weighted by atomic mass is 35.5. The van der Waals surface area contributed by atoms with Crippen molar-refractivity contribution in [2.75, 3.05) is 19.6 Å². The number of rotatable bonds is 10. The molecular formula is C26H27ClF4N4O6S. The molecule has 10 nitrogen and oxygen atoms in total. The van der Waals surface area contributed by atoms with Gasteiger partial charge in [0.1, 0.15) is 5.82 Å². The molecule has 0 aliphatic carbocycles. The third-order valence-corrected chi connectivity index (χ3v) is 6.72. The molecule has 3 aromatic rings. The normalized spacial score (nSPS) is 13.8. The van der Waals surface area contributed by atoms with E-state index in [1.54, 1.807) is 0 Å². The Morgan fingerprint density at radius 3 is 2.31 bits per heavy atom. The van der Waals surface area contributed by atoms with E-state index in [1.807, 2.05) is 5.32 Å². The van der Waals surface area contributed by atoms with E-state index in [0.717, 1.165) is 36.4 Å². The van der Waals surface area contributed by atoms with Gasteiger partial charge in [-0.15, -0.1) is 0 Å². The lowest BCUT2D eigenvalue weighted by molar-refractivity contribution is -0.265. The lowest BCUT2D eigenvalue weighted by Gasteiger charge is -2.32. The van der Waals surface area contributed by atoms with Gasteiger partial charge in [-0.2, -0.15) is 13.2 Å². The van der Waals surface area contributed by atoms with E-state index in [2.05, 4.69) is 4.98 Å². The van der Waals surface area contributed by atoms with Gasteiger partial charge in [-0.1, -0.05) is 11.6 Å². The summed E-state index contributed by atoms with van der Waals surface area (Å²) in [5.41, 5.74) is 0.380. The molecule has 3 rings (SSSR count). The average Bonchev–Trinajstić information content (AvgIpc) is 2.89. The van der Waals surface area contributed by atoms with Crippen LogP contribution in [0.15, 0.2) is 48.5 Å². The van der Waals surface area contributed by atoms with Crippen molar-refractivity contribution in [2.24, 2.45) is 10.9 Å². The van der Waals surface area contributed by atoms with Gasteiger partial charge in [-0.25, -0.2) is 22.9 Å². The number of carbonyl (C=O) groups is 1. The summed E-state index contributed by atoms with van der Waals surface area (Å²) in [6.07, 6.45) is -5.34. The monoisotopic (exact) mass is 634 g/mol. The summed E-state index contributed by atoms with van der Waals surface area (Å²) in [5.74, 6) is -2.92. The Labute approximate surface area is 243 Å². The third-order valence-electron chi connectivity index (χ3n) is 5.99. The van der Waals surface area contributed by atoms with E-state index in [-0.39, 0.29) is 38.9 Å². The minimum atomic E-state index is -5.34. The van der Waals surface area contributed by atoms with Crippen LogP contribution in [0.1, 0.15) is 35.5 Å². The fraction of sp³-hybridized carbons (Fsp3) is 0.308. The maximum atomic E-state index is 14.4. The van der Waals surface area contributed by atoms with Gasteiger partial charge in [-0.3, -0.25) is 4.79 Å². The van der Waals surface area contributed by atoms with Crippen molar-refractivity contribution in [3.05, 3.63) is 76.2 Å². The van der Waals surface area contributed by atoms with Crippen molar-refractivity contribution in [1.29, 1.82) is 0 Å². The van der Waals surface area contributed by atoms with Gasteiger partial charge in [0.15, 0.2) is 11.5 Å². The van der Waals surface area contributed by atoms with Crippen LogP contribution in [0.4, 0.5) is 17.6 Å². The molecule has 1 atom stereocenters. The standard InChI is InChI=1S/C26H27ClF4N4O6S/c1-24(2,32)16-10-19(14-4-6-18(28)17(27)8-14)35-22(11-16)25(37,26(29,30)31)12-34-23(36)15-5-7-20(21(9-15)40-3)41-13-42(33,38)39/h4-11,37H,12-13,32H2,1-3H3,(H,34,36)(H2,33,38,39). The van der Waals surface area contributed by atoms with Crippen LogP contribution in [-0.4, -0.2) is 50.2 Å². The zero-order valence-corrected chi connectivity index (χ0v) is 24.0. The zero-order valence-electron chi connectivity index (χ0n) is 22.4. The second-order valence-electron chi connectivity index (χ2n) is 9.81. The van der Waals surface area contributed by atoms with E-state index in [9.17, 15) is 35.9 Å². The van der Waals surface area contributed by atoms with Crippen LogP contribution in [0.25, 0.3) is 11.3 Å². The Bertz CT molecular complexity index is 1600. The number of hydrogen-bond donors (Lipinski definition) is 4. The first-order valence-corrected chi connectivity index (χ1v) is 14.0. The second-order valence-corrected chi connectivity index (χ2v) is 11.8. The fourth-order valence-electron chi connectivity index (χ4n) is 3.64. The van der Waals surface area contributed by atoms with Gasteiger partial charge >= 0.3 is 6.18 Å². The smallest absolute Gasteiger partial charge is 0.424 e. The van der Waals surface area contributed by atoms with E-state index >= 15 is 0 Å². The largest absolute Gasteiger partial charge is 0.493 e.